The summed E-state index contributed by atoms with van der Waals surface area (Å²) in [6.45, 7) is 1.61. The zero-order valence-electron chi connectivity index (χ0n) is 8.64. The maximum atomic E-state index is 13.0. The molecule has 0 spiro atoms. The molecular weight excluding hydrogens is 211 g/mol. The number of fused-ring (bicyclic) bond motifs is 1. The number of nitrogens with zero attached hydrogens (tertiary/aromatic N) is 2. The summed E-state index contributed by atoms with van der Waals surface area (Å²) < 4.78 is 14.4. The van der Waals surface area contributed by atoms with Crippen LogP contribution in [0.1, 0.15) is 13.0 Å². The molecule has 5 nitrogen and oxygen atoms in total. The van der Waals surface area contributed by atoms with E-state index in [-0.39, 0.29) is 5.95 Å². The van der Waals surface area contributed by atoms with Crippen LogP contribution in [-0.2, 0) is 4.79 Å². The van der Waals surface area contributed by atoms with Gasteiger partial charge in [0.05, 0.1) is 11.0 Å². The Morgan fingerprint density at radius 2 is 2.25 bits per heavy atom. The van der Waals surface area contributed by atoms with Crippen molar-refractivity contribution in [2.75, 3.05) is 5.73 Å². The van der Waals surface area contributed by atoms with Gasteiger partial charge in [-0.05, 0) is 19.1 Å². The highest BCUT2D eigenvalue weighted by atomic mass is 19.1. The molecular formula is C10H11FN4O. The SMILES string of the molecule is CC(C(N)=O)n1c(N)nc2cc(F)ccc21. The Kier molecular flexibility index (Phi) is 2.26. The monoisotopic (exact) mass is 222 g/mol. The van der Waals surface area contributed by atoms with Crippen LogP contribution in [0.25, 0.3) is 11.0 Å². The van der Waals surface area contributed by atoms with E-state index < -0.39 is 17.8 Å². The van der Waals surface area contributed by atoms with Crippen LogP contribution in [0.5, 0.6) is 0 Å². The van der Waals surface area contributed by atoms with Crippen molar-refractivity contribution in [1.29, 1.82) is 0 Å². The van der Waals surface area contributed by atoms with Gasteiger partial charge < -0.3 is 11.5 Å². The Morgan fingerprint density at radius 3 is 2.88 bits per heavy atom. The molecule has 0 radical (unpaired) electrons. The van der Waals surface area contributed by atoms with E-state index in [0.717, 1.165) is 0 Å². The molecule has 6 heteroatoms. The molecule has 0 saturated carbocycles. The minimum atomic E-state index is -0.615. The molecule has 1 unspecified atom stereocenters. The van der Waals surface area contributed by atoms with Gasteiger partial charge in [-0.25, -0.2) is 9.37 Å². The lowest BCUT2D eigenvalue weighted by atomic mass is 10.2. The summed E-state index contributed by atoms with van der Waals surface area (Å²) >= 11 is 0. The number of hydrogen-bond acceptors (Lipinski definition) is 3. The van der Waals surface area contributed by atoms with E-state index in [0.29, 0.717) is 11.0 Å². The lowest BCUT2D eigenvalue weighted by molar-refractivity contribution is -0.120. The highest BCUT2D eigenvalue weighted by Gasteiger charge is 2.18. The number of carbonyl (C=O) groups is 1. The molecule has 16 heavy (non-hydrogen) atoms. The Labute approximate surface area is 90.9 Å². The maximum absolute atomic E-state index is 13.0. The maximum Gasteiger partial charge on any atom is 0.240 e. The van der Waals surface area contributed by atoms with Gasteiger partial charge in [-0.2, -0.15) is 0 Å². The van der Waals surface area contributed by atoms with Gasteiger partial charge in [0, 0.05) is 6.07 Å². The van der Waals surface area contributed by atoms with Gasteiger partial charge in [-0.15, -0.1) is 0 Å². The van der Waals surface area contributed by atoms with Gasteiger partial charge in [0.25, 0.3) is 0 Å². The van der Waals surface area contributed by atoms with Crippen molar-refractivity contribution in [2.45, 2.75) is 13.0 Å². The number of benzene rings is 1. The van der Waals surface area contributed by atoms with Gasteiger partial charge >= 0.3 is 0 Å². The van der Waals surface area contributed by atoms with Gasteiger partial charge in [-0.1, -0.05) is 0 Å². The molecule has 2 aromatic rings. The van der Waals surface area contributed by atoms with E-state index in [9.17, 15) is 9.18 Å². The molecule has 0 aliphatic carbocycles. The number of anilines is 1. The predicted octanol–water partition coefficient (Wildman–Crippen LogP) is 0.804. The normalized spacial score (nSPS) is 12.9. The Bertz CT molecular complexity index is 563. The first-order valence-corrected chi connectivity index (χ1v) is 4.73. The molecule has 0 saturated heterocycles. The highest BCUT2D eigenvalue weighted by molar-refractivity contribution is 5.84. The molecule has 1 amide bonds. The van der Waals surface area contributed by atoms with Crippen LogP contribution in [0.4, 0.5) is 10.3 Å². The summed E-state index contributed by atoms with van der Waals surface area (Å²) in [6, 6.07) is 3.45. The highest BCUT2D eigenvalue weighted by Crippen LogP contribution is 2.23. The minimum absolute atomic E-state index is 0.145. The third kappa shape index (κ3) is 1.48. The van der Waals surface area contributed by atoms with Crippen molar-refractivity contribution in [3.8, 4) is 0 Å². The number of imidazole rings is 1. The molecule has 0 bridgehead atoms. The standard InChI is InChI=1S/C10H11FN4O/c1-5(9(12)16)15-8-3-2-6(11)4-7(8)14-10(15)13/h2-5H,1H3,(H2,12,16)(H2,13,14). The fourth-order valence-electron chi connectivity index (χ4n) is 1.62. The number of amides is 1. The fraction of sp³-hybridized carbons (Fsp3) is 0.200. The molecule has 1 aromatic heterocycles. The summed E-state index contributed by atoms with van der Waals surface area (Å²) in [7, 11) is 0. The van der Waals surface area contributed by atoms with Crippen molar-refractivity contribution in [2.24, 2.45) is 5.73 Å². The van der Waals surface area contributed by atoms with Crippen LogP contribution in [0.15, 0.2) is 18.2 Å². The molecule has 0 aliphatic heterocycles. The number of aromatic nitrogens is 2. The van der Waals surface area contributed by atoms with Gasteiger partial charge in [0.1, 0.15) is 11.9 Å². The Morgan fingerprint density at radius 1 is 1.56 bits per heavy atom. The predicted molar refractivity (Wildman–Crippen MR) is 58.0 cm³/mol. The van der Waals surface area contributed by atoms with Crippen molar-refractivity contribution in [1.82, 2.24) is 9.55 Å². The number of primary amides is 1. The average Bonchev–Trinajstić information content (AvgIpc) is 2.51. The van der Waals surface area contributed by atoms with Gasteiger partial charge in [-0.3, -0.25) is 9.36 Å². The second-order valence-corrected chi connectivity index (χ2v) is 3.55. The van der Waals surface area contributed by atoms with Crippen molar-refractivity contribution >= 4 is 22.9 Å². The average molecular weight is 222 g/mol. The quantitative estimate of drug-likeness (QED) is 0.788. The first-order valence-electron chi connectivity index (χ1n) is 4.73. The molecule has 1 atom stereocenters. The molecule has 1 aromatic carbocycles. The van der Waals surface area contributed by atoms with E-state index >= 15 is 0 Å². The smallest absolute Gasteiger partial charge is 0.240 e. The molecule has 0 fully saturated rings. The third-order valence-electron chi connectivity index (χ3n) is 2.48. The van der Waals surface area contributed by atoms with Crippen LogP contribution in [0.3, 0.4) is 0 Å². The van der Waals surface area contributed by atoms with Crippen LogP contribution >= 0.6 is 0 Å². The molecule has 0 aliphatic rings. The van der Waals surface area contributed by atoms with E-state index in [1.807, 2.05) is 0 Å². The zero-order valence-corrected chi connectivity index (χ0v) is 8.64. The summed E-state index contributed by atoms with van der Waals surface area (Å²) in [5.74, 6) is -0.772. The van der Waals surface area contributed by atoms with E-state index in [1.54, 1.807) is 6.92 Å². The number of nitrogens with two attached hydrogens (primary N) is 2. The number of rotatable bonds is 2. The number of carbonyl (C=O) groups excluding carboxylic acids is 1. The van der Waals surface area contributed by atoms with Crippen LogP contribution < -0.4 is 11.5 Å². The van der Waals surface area contributed by atoms with Crippen LogP contribution in [-0.4, -0.2) is 15.5 Å². The molecule has 2 rings (SSSR count). The topological polar surface area (TPSA) is 86.9 Å². The van der Waals surface area contributed by atoms with Gasteiger partial charge in [0.15, 0.2) is 0 Å². The third-order valence-corrected chi connectivity index (χ3v) is 2.48. The van der Waals surface area contributed by atoms with Crippen molar-refractivity contribution in [3.05, 3.63) is 24.0 Å². The second-order valence-electron chi connectivity index (χ2n) is 3.55. The molecule has 84 valence electrons. The van der Waals surface area contributed by atoms with E-state index in [2.05, 4.69) is 4.98 Å². The largest absolute Gasteiger partial charge is 0.369 e. The summed E-state index contributed by atoms with van der Waals surface area (Å²) in [4.78, 5) is 15.1. The van der Waals surface area contributed by atoms with Crippen molar-refractivity contribution < 1.29 is 9.18 Å². The summed E-state index contributed by atoms with van der Waals surface area (Å²) in [5.41, 5.74) is 11.9. The molecule has 4 N–H and O–H groups in total. The summed E-state index contributed by atoms with van der Waals surface area (Å²) in [5, 5.41) is 0. The van der Waals surface area contributed by atoms with Crippen molar-refractivity contribution in [3.63, 3.8) is 0 Å². The second kappa shape index (κ2) is 3.48. The van der Waals surface area contributed by atoms with E-state index in [4.69, 9.17) is 11.5 Å². The first-order chi connectivity index (χ1) is 7.50. The number of nitrogen functional groups attached to an aromatic ring is 1. The minimum Gasteiger partial charge on any atom is -0.369 e. The van der Waals surface area contributed by atoms with Crippen LogP contribution in [0, 0.1) is 5.82 Å². The lowest BCUT2D eigenvalue weighted by Crippen LogP contribution is -2.24. The van der Waals surface area contributed by atoms with Gasteiger partial charge in [0.2, 0.25) is 11.9 Å². The van der Waals surface area contributed by atoms with Crippen LogP contribution in [0.2, 0.25) is 0 Å². The Hall–Kier alpha value is -2.11. The first kappa shape index (κ1) is 10.4. The lowest BCUT2D eigenvalue weighted by Gasteiger charge is -2.11. The molecule has 1 heterocycles. The number of hydrogen-bond donors (Lipinski definition) is 2. The number of halogens is 1. The Balaban J connectivity index is 2.69. The fourth-order valence-corrected chi connectivity index (χ4v) is 1.62. The summed E-state index contributed by atoms with van der Waals surface area (Å²) in [6.07, 6.45) is 0. The zero-order chi connectivity index (χ0) is 11.9. The van der Waals surface area contributed by atoms with E-state index in [1.165, 1.54) is 22.8 Å².